The van der Waals surface area contributed by atoms with Crippen LogP contribution in [-0.4, -0.2) is 22.7 Å². The van der Waals surface area contributed by atoms with Crippen LogP contribution in [0.3, 0.4) is 0 Å². The maximum atomic E-state index is 9.78. The molecule has 1 aliphatic rings. The molecule has 1 saturated carbocycles. The summed E-state index contributed by atoms with van der Waals surface area (Å²) >= 11 is 2.02. The van der Waals surface area contributed by atoms with Gasteiger partial charge in [0.05, 0.1) is 0 Å². The lowest BCUT2D eigenvalue weighted by atomic mass is 10.0. The summed E-state index contributed by atoms with van der Waals surface area (Å²) in [5.41, 5.74) is 3.21. The summed E-state index contributed by atoms with van der Waals surface area (Å²) in [6.07, 6.45) is 7.67. The summed E-state index contributed by atoms with van der Waals surface area (Å²) in [6.45, 7) is 5.91. The van der Waals surface area contributed by atoms with Gasteiger partial charge in [0.1, 0.15) is 5.75 Å². The van der Waals surface area contributed by atoms with Gasteiger partial charge in [-0.2, -0.15) is 11.8 Å². The highest BCUT2D eigenvalue weighted by atomic mass is 32.2. The van der Waals surface area contributed by atoms with E-state index in [1.54, 1.807) is 0 Å². The van der Waals surface area contributed by atoms with Crippen molar-refractivity contribution in [2.45, 2.75) is 50.8 Å². The third-order valence-corrected chi connectivity index (χ3v) is 5.69. The molecule has 0 radical (unpaired) electrons. The first-order valence-corrected chi connectivity index (χ1v) is 8.34. The van der Waals surface area contributed by atoms with E-state index >= 15 is 0 Å². The van der Waals surface area contributed by atoms with Crippen molar-refractivity contribution in [1.82, 2.24) is 5.32 Å². The summed E-state index contributed by atoms with van der Waals surface area (Å²) < 4.78 is 0.459. The van der Waals surface area contributed by atoms with E-state index in [0.717, 1.165) is 24.2 Å². The summed E-state index contributed by atoms with van der Waals surface area (Å²) in [5, 5.41) is 13.4. The van der Waals surface area contributed by atoms with Gasteiger partial charge in [0, 0.05) is 17.8 Å². The van der Waals surface area contributed by atoms with E-state index in [2.05, 4.69) is 23.7 Å². The Bertz CT molecular complexity index is 415. The van der Waals surface area contributed by atoms with Crippen LogP contribution in [0.25, 0.3) is 0 Å². The molecule has 1 fully saturated rings. The van der Waals surface area contributed by atoms with Crippen LogP contribution in [0.5, 0.6) is 5.75 Å². The van der Waals surface area contributed by atoms with Gasteiger partial charge in [-0.1, -0.05) is 25.0 Å². The van der Waals surface area contributed by atoms with E-state index in [1.165, 1.54) is 31.2 Å². The molecule has 2 nitrogen and oxygen atoms in total. The topological polar surface area (TPSA) is 32.3 Å². The van der Waals surface area contributed by atoms with Gasteiger partial charge in [-0.15, -0.1) is 0 Å². The van der Waals surface area contributed by atoms with Crippen molar-refractivity contribution in [3.05, 3.63) is 28.8 Å². The minimum atomic E-state index is 0.431. The summed E-state index contributed by atoms with van der Waals surface area (Å²) in [5.74, 6) is 0.431. The maximum Gasteiger partial charge on any atom is 0.121 e. The maximum absolute atomic E-state index is 9.78. The number of hydrogen-bond acceptors (Lipinski definition) is 3. The van der Waals surface area contributed by atoms with Gasteiger partial charge in [-0.05, 0) is 49.6 Å². The van der Waals surface area contributed by atoms with Gasteiger partial charge in [0.2, 0.25) is 0 Å². The number of aryl methyl sites for hydroxylation is 2. The van der Waals surface area contributed by atoms with Crippen LogP contribution >= 0.6 is 11.8 Å². The zero-order valence-electron chi connectivity index (χ0n) is 12.3. The second-order valence-corrected chi connectivity index (χ2v) is 7.05. The Kier molecular flexibility index (Phi) is 4.80. The lowest BCUT2D eigenvalue weighted by molar-refractivity contribution is 0.466. The molecule has 1 aromatic carbocycles. The van der Waals surface area contributed by atoms with E-state index in [0.29, 0.717) is 10.5 Å². The van der Waals surface area contributed by atoms with Crippen LogP contribution in [0.2, 0.25) is 0 Å². The lowest BCUT2D eigenvalue weighted by Crippen LogP contribution is -2.34. The molecule has 0 atom stereocenters. The summed E-state index contributed by atoms with van der Waals surface area (Å²) in [4.78, 5) is 0. The Morgan fingerprint density at radius 2 is 1.79 bits per heavy atom. The third kappa shape index (κ3) is 3.46. The summed E-state index contributed by atoms with van der Waals surface area (Å²) in [6, 6.07) is 4.16. The highest BCUT2D eigenvalue weighted by molar-refractivity contribution is 8.00. The van der Waals surface area contributed by atoms with E-state index in [9.17, 15) is 5.11 Å². The van der Waals surface area contributed by atoms with Crippen LogP contribution in [0.15, 0.2) is 12.1 Å². The smallest absolute Gasteiger partial charge is 0.121 e. The Morgan fingerprint density at radius 3 is 2.32 bits per heavy atom. The number of nitrogens with one attached hydrogen (secondary N) is 1. The molecule has 19 heavy (non-hydrogen) atoms. The number of benzene rings is 1. The van der Waals surface area contributed by atoms with Gasteiger partial charge >= 0.3 is 0 Å². The van der Waals surface area contributed by atoms with Gasteiger partial charge in [0.25, 0.3) is 0 Å². The average molecular weight is 279 g/mol. The molecule has 1 aromatic rings. The van der Waals surface area contributed by atoms with Crippen molar-refractivity contribution in [2.75, 3.05) is 12.8 Å². The first-order valence-electron chi connectivity index (χ1n) is 7.11. The van der Waals surface area contributed by atoms with Crippen molar-refractivity contribution < 1.29 is 5.11 Å². The molecule has 0 aliphatic heterocycles. The first kappa shape index (κ1) is 14.7. The molecule has 0 unspecified atom stereocenters. The van der Waals surface area contributed by atoms with Crippen molar-refractivity contribution in [2.24, 2.45) is 0 Å². The van der Waals surface area contributed by atoms with Gasteiger partial charge in [-0.3, -0.25) is 0 Å². The van der Waals surface area contributed by atoms with Crippen LogP contribution in [0, 0.1) is 13.8 Å². The molecular weight excluding hydrogens is 254 g/mol. The Balaban J connectivity index is 1.92. The number of aromatic hydroxyl groups is 1. The fraction of sp³-hybridized carbons (Fsp3) is 0.625. The molecule has 2 rings (SSSR count). The molecule has 0 spiro atoms. The third-order valence-electron chi connectivity index (χ3n) is 4.27. The van der Waals surface area contributed by atoms with Crippen molar-refractivity contribution >= 4 is 11.8 Å². The van der Waals surface area contributed by atoms with Gasteiger partial charge in [-0.25, -0.2) is 0 Å². The van der Waals surface area contributed by atoms with Crippen LogP contribution < -0.4 is 5.32 Å². The van der Waals surface area contributed by atoms with Crippen molar-refractivity contribution in [3.63, 3.8) is 0 Å². The molecule has 0 aromatic heterocycles. The first-order chi connectivity index (χ1) is 9.06. The van der Waals surface area contributed by atoms with E-state index < -0.39 is 0 Å². The molecule has 0 bridgehead atoms. The fourth-order valence-electron chi connectivity index (χ4n) is 3.05. The average Bonchev–Trinajstić information content (AvgIpc) is 2.85. The van der Waals surface area contributed by atoms with E-state index in [1.807, 2.05) is 25.6 Å². The highest BCUT2D eigenvalue weighted by Gasteiger charge is 2.32. The van der Waals surface area contributed by atoms with Gasteiger partial charge < -0.3 is 10.4 Å². The van der Waals surface area contributed by atoms with Crippen LogP contribution in [0.1, 0.15) is 42.4 Å². The molecule has 0 heterocycles. The Hall–Kier alpha value is -0.670. The monoisotopic (exact) mass is 279 g/mol. The number of phenols is 1. The fourth-order valence-corrected chi connectivity index (χ4v) is 4.00. The highest BCUT2D eigenvalue weighted by Crippen LogP contribution is 2.39. The molecule has 2 N–H and O–H groups in total. The molecule has 3 heteroatoms. The number of thioether (sulfide) groups is 1. The molecule has 0 amide bonds. The van der Waals surface area contributed by atoms with Crippen molar-refractivity contribution in [3.8, 4) is 5.75 Å². The quantitative estimate of drug-likeness (QED) is 0.860. The van der Waals surface area contributed by atoms with E-state index in [4.69, 9.17) is 0 Å². The number of hydrogen-bond donors (Lipinski definition) is 2. The Labute approximate surface area is 121 Å². The predicted molar refractivity (Wildman–Crippen MR) is 84.0 cm³/mol. The normalized spacial score (nSPS) is 17.8. The largest absolute Gasteiger partial charge is 0.507 e. The lowest BCUT2D eigenvalue weighted by Gasteiger charge is -2.27. The van der Waals surface area contributed by atoms with Gasteiger partial charge in [0.15, 0.2) is 0 Å². The summed E-state index contributed by atoms with van der Waals surface area (Å²) in [7, 11) is 0. The molecule has 106 valence electrons. The number of rotatable bonds is 5. The zero-order valence-corrected chi connectivity index (χ0v) is 13.1. The number of phenolic OH excluding ortho intramolecular Hbond substituents is 1. The standard InChI is InChI=1S/C16H25NOS/c1-12-8-14(9-13(2)15(12)18)10-17-11-16(19-3)6-4-5-7-16/h8-9,17-18H,4-7,10-11H2,1-3H3. The predicted octanol–water partition coefficient (Wildman–Crippen LogP) is 3.77. The minimum absolute atomic E-state index is 0.431. The van der Waals surface area contributed by atoms with Crippen LogP contribution in [-0.2, 0) is 6.54 Å². The SMILES string of the molecule is CSC1(CNCc2cc(C)c(O)c(C)c2)CCCC1. The van der Waals surface area contributed by atoms with Crippen molar-refractivity contribution in [1.29, 1.82) is 0 Å². The van der Waals surface area contributed by atoms with Crippen LogP contribution in [0.4, 0.5) is 0 Å². The molecular formula is C16H25NOS. The zero-order chi connectivity index (χ0) is 13.9. The second kappa shape index (κ2) is 6.19. The molecule has 0 saturated heterocycles. The Morgan fingerprint density at radius 1 is 1.21 bits per heavy atom. The van der Waals surface area contributed by atoms with E-state index in [-0.39, 0.29) is 0 Å². The second-order valence-electron chi connectivity index (χ2n) is 5.78. The minimum Gasteiger partial charge on any atom is -0.507 e. The molecule has 1 aliphatic carbocycles.